The standard InChI is InChI=1S/C31H45F3O8/c1-5-38-21(3)41-25(20-40-24-13-11-12-23(18-24)31(32,33)34)16-17-27-26(14-9-7-8-10-15-30(36)37)28(35)19-29(27)42-22(4)39-6-2/h7,9,11-13,16-18,21-22,25-29,35H,5-6,8,10,14-15,19-20H2,1-4H3,(H,36,37)/b9-7-,17-16+/t21?,22?,25-,26-,27-,28+,29-/m1/s1. The lowest BCUT2D eigenvalue weighted by atomic mass is 9.89. The molecule has 8 nitrogen and oxygen atoms in total. The molecule has 1 fully saturated rings. The van der Waals surface area contributed by atoms with Crippen LogP contribution in [0.5, 0.6) is 5.75 Å². The van der Waals surface area contributed by atoms with Gasteiger partial charge in [-0.15, -0.1) is 0 Å². The minimum atomic E-state index is -4.49. The van der Waals surface area contributed by atoms with Crippen LogP contribution in [0.3, 0.4) is 0 Å². The summed E-state index contributed by atoms with van der Waals surface area (Å²) in [5.41, 5.74) is -0.807. The van der Waals surface area contributed by atoms with Crippen LogP contribution in [-0.2, 0) is 29.9 Å². The van der Waals surface area contributed by atoms with Gasteiger partial charge in [0.1, 0.15) is 18.5 Å². The zero-order valence-corrected chi connectivity index (χ0v) is 24.8. The van der Waals surface area contributed by atoms with Gasteiger partial charge in [0.2, 0.25) is 0 Å². The molecule has 0 spiro atoms. The lowest BCUT2D eigenvalue weighted by molar-refractivity contribution is -0.163. The molecule has 0 bridgehead atoms. The molecule has 0 aromatic heterocycles. The van der Waals surface area contributed by atoms with Gasteiger partial charge in [0.25, 0.3) is 0 Å². The summed E-state index contributed by atoms with van der Waals surface area (Å²) in [7, 11) is 0. The van der Waals surface area contributed by atoms with E-state index in [1.807, 2.05) is 32.1 Å². The molecular weight excluding hydrogens is 557 g/mol. The highest BCUT2D eigenvalue weighted by Gasteiger charge is 2.42. The largest absolute Gasteiger partial charge is 0.491 e. The van der Waals surface area contributed by atoms with E-state index < -0.39 is 42.5 Å². The minimum absolute atomic E-state index is 0.0600. The number of rotatable bonds is 19. The van der Waals surface area contributed by atoms with Crippen molar-refractivity contribution in [2.24, 2.45) is 11.8 Å². The molecule has 0 radical (unpaired) electrons. The van der Waals surface area contributed by atoms with Crippen LogP contribution < -0.4 is 4.74 Å². The van der Waals surface area contributed by atoms with Gasteiger partial charge in [-0.25, -0.2) is 0 Å². The van der Waals surface area contributed by atoms with Crippen molar-refractivity contribution >= 4 is 5.97 Å². The van der Waals surface area contributed by atoms with Gasteiger partial charge in [0, 0.05) is 32.0 Å². The second-order valence-corrected chi connectivity index (χ2v) is 10.2. The minimum Gasteiger partial charge on any atom is -0.491 e. The van der Waals surface area contributed by atoms with Crippen LogP contribution in [0, 0.1) is 11.8 Å². The number of aliphatic carboxylic acids is 1. The van der Waals surface area contributed by atoms with Crippen molar-refractivity contribution in [3.8, 4) is 5.75 Å². The number of carboxylic acid groups (broad SMARTS) is 1. The third-order valence-electron chi connectivity index (χ3n) is 6.89. The maximum absolute atomic E-state index is 13.2. The molecule has 2 N–H and O–H groups in total. The Morgan fingerprint density at radius 3 is 2.50 bits per heavy atom. The summed E-state index contributed by atoms with van der Waals surface area (Å²) in [6.07, 6.45) is 2.50. The summed E-state index contributed by atoms with van der Waals surface area (Å²) in [6.45, 7) is 8.02. The van der Waals surface area contributed by atoms with Crippen LogP contribution in [0.25, 0.3) is 0 Å². The van der Waals surface area contributed by atoms with Crippen molar-refractivity contribution in [2.45, 2.75) is 96.9 Å². The SMILES string of the molecule is CCOC(C)O[C@H](/C=C/[C@@H]1[C@@H](C/C=C\CCCC(=O)O)[C@@H](O)C[C@H]1OC(C)OCC)COc1cccc(C(F)(F)F)c1. The average molecular weight is 603 g/mol. The van der Waals surface area contributed by atoms with Crippen molar-refractivity contribution in [3.05, 3.63) is 54.1 Å². The molecule has 0 saturated heterocycles. The highest BCUT2D eigenvalue weighted by Crippen LogP contribution is 2.39. The molecule has 0 amide bonds. The predicted octanol–water partition coefficient (Wildman–Crippen LogP) is 6.37. The fourth-order valence-corrected chi connectivity index (χ4v) is 4.94. The van der Waals surface area contributed by atoms with Gasteiger partial charge in [0.15, 0.2) is 12.6 Å². The number of hydrogen-bond donors (Lipinski definition) is 2. The Kier molecular flexibility index (Phi) is 15.6. The molecule has 1 saturated carbocycles. The second kappa shape index (κ2) is 18.3. The fraction of sp³-hybridized carbons (Fsp3) is 0.645. The molecule has 1 aliphatic rings. The third-order valence-corrected chi connectivity index (χ3v) is 6.89. The average Bonchev–Trinajstić information content (AvgIpc) is 3.20. The Labute approximate surface area is 246 Å². The predicted molar refractivity (Wildman–Crippen MR) is 151 cm³/mol. The van der Waals surface area contributed by atoms with Gasteiger partial charge < -0.3 is 33.9 Å². The van der Waals surface area contributed by atoms with Crippen molar-refractivity contribution in [2.75, 3.05) is 19.8 Å². The number of hydrogen-bond acceptors (Lipinski definition) is 7. The van der Waals surface area contributed by atoms with Gasteiger partial charge in [-0.3, -0.25) is 4.79 Å². The van der Waals surface area contributed by atoms with Crippen LogP contribution in [0.1, 0.15) is 65.4 Å². The number of halogens is 3. The van der Waals surface area contributed by atoms with E-state index in [9.17, 15) is 23.1 Å². The number of aliphatic hydroxyl groups is 1. The normalized spacial score (nSPS) is 23.4. The molecule has 1 aromatic rings. The Morgan fingerprint density at radius 1 is 1.12 bits per heavy atom. The summed E-state index contributed by atoms with van der Waals surface area (Å²) in [5.74, 6) is -1.20. The first-order valence-electron chi connectivity index (χ1n) is 14.5. The summed E-state index contributed by atoms with van der Waals surface area (Å²) in [4.78, 5) is 10.7. The van der Waals surface area contributed by atoms with Crippen LogP contribution in [0.2, 0.25) is 0 Å². The summed E-state index contributed by atoms with van der Waals surface area (Å²) < 4.78 is 68.4. The van der Waals surface area contributed by atoms with Gasteiger partial charge in [-0.2, -0.15) is 13.2 Å². The van der Waals surface area contributed by atoms with E-state index >= 15 is 0 Å². The summed E-state index contributed by atoms with van der Waals surface area (Å²) in [6, 6.07) is 4.66. The first-order chi connectivity index (χ1) is 19.9. The molecule has 11 heteroatoms. The molecule has 238 valence electrons. The molecule has 2 rings (SSSR count). The first kappa shape index (κ1) is 35.8. The Morgan fingerprint density at radius 2 is 1.83 bits per heavy atom. The van der Waals surface area contributed by atoms with Gasteiger partial charge in [-0.1, -0.05) is 30.4 Å². The van der Waals surface area contributed by atoms with Gasteiger partial charge >= 0.3 is 12.1 Å². The van der Waals surface area contributed by atoms with Crippen LogP contribution >= 0.6 is 0 Å². The number of ether oxygens (including phenoxy) is 5. The molecular formula is C31H45F3O8. The second-order valence-electron chi connectivity index (χ2n) is 10.2. The lowest BCUT2D eigenvalue weighted by Crippen LogP contribution is -2.29. The van der Waals surface area contributed by atoms with E-state index in [1.165, 1.54) is 12.1 Å². The Bertz CT molecular complexity index is 983. The molecule has 0 heterocycles. The third kappa shape index (κ3) is 12.8. The first-order valence-corrected chi connectivity index (χ1v) is 14.5. The number of unbranched alkanes of at least 4 members (excludes halogenated alkanes) is 1. The number of carbonyl (C=O) groups is 1. The Balaban J connectivity index is 2.22. The van der Waals surface area contributed by atoms with Crippen LogP contribution in [-0.4, -0.2) is 66.9 Å². The van der Waals surface area contributed by atoms with Gasteiger partial charge in [0.05, 0.1) is 17.8 Å². The number of carboxylic acids is 1. The van der Waals surface area contributed by atoms with E-state index in [2.05, 4.69) is 0 Å². The van der Waals surface area contributed by atoms with Crippen molar-refractivity contribution in [1.82, 2.24) is 0 Å². The zero-order chi connectivity index (χ0) is 31.1. The highest BCUT2D eigenvalue weighted by atomic mass is 19.4. The van der Waals surface area contributed by atoms with Crippen molar-refractivity contribution in [1.29, 1.82) is 0 Å². The van der Waals surface area contributed by atoms with Crippen LogP contribution in [0.4, 0.5) is 13.2 Å². The van der Waals surface area contributed by atoms with E-state index in [0.29, 0.717) is 38.9 Å². The lowest BCUT2D eigenvalue weighted by Gasteiger charge is -2.26. The Hall–Kier alpha value is -2.44. The zero-order valence-electron chi connectivity index (χ0n) is 24.8. The van der Waals surface area contributed by atoms with Crippen molar-refractivity contribution in [3.63, 3.8) is 0 Å². The van der Waals surface area contributed by atoms with E-state index in [0.717, 1.165) is 12.1 Å². The molecule has 1 aromatic carbocycles. The number of aliphatic hydroxyl groups excluding tert-OH is 1. The topological polar surface area (TPSA) is 104 Å². The summed E-state index contributed by atoms with van der Waals surface area (Å²) >= 11 is 0. The van der Waals surface area contributed by atoms with Crippen LogP contribution in [0.15, 0.2) is 48.6 Å². The van der Waals surface area contributed by atoms with Crippen molar-refractivity contribution < 1.29 is 51.9 Å². The molecule has 0 aliphatic heterocycles. The monoisotopic (exact) mass is 602 g/mol. The maximum atomic E-state index is 13.2. The molecule has 42 heavy (non-hydrogen) atoms. The molecule has 2 unspecified atom stereocenters. The fourth-order valence-electron chi connectivity index (χ4n) is 4.94. The quantitative estimate of drug-likeness (QED) is 0.107. The smallest absolute Gasteiger partial charge is 0.416 e. The highest BCUT2D eigenvalue weighted by molar-refractivity contribution is 5.66. The summed E-state index contributed by atoms with van der Waals surface area (Å²) in [5, 5.41) is 19.8. The van der Waals surface area contributed by atoms with E-state index in [4.69, 9.17) is 28.8 Å². The number of allylic oxidation sites excluding steroid dienone is 2. The molecule has 1 aliphatic carbocycles. The number of alkyl halides is 3. The number of benzene rings is 1. The van der Waals surface area contributed by atoms with Gasteiger partial charge in [-0.05, 0) is 71.1 Å². The maximum Gasteiger partial charge on any atom is 0.416 e. The van der Waals surface area contributed by atoms with E-state index in [1.54, 1.807) is 19.9 Å². The molecule has 7 atom stereocenters. The van der Waals surface area contributed by atoms with E-state index in [-0.39, 0.29) is 36.7 Å².